The summed E-state index contributed by atoms with van der Waals surface area (Å²) >= 11 is 0. The van der Waals surface area contributed by atoms with E-state index in [1.807, 2.05) is 0 Å². The summed E-state index contributed by atoms with van der Waals surface area (Å²) in [6.07, 6.45) is 0. The second kappa shape index (κ2) is 7.22. The van der Waals surface area contributed by atoms with E-state index in [9.17, 15) is 0 Å². The molecule has 1 aliphatic rings. The maximum Gasteiger partial charge on any atom is 0.123 e. The van der Waals surface area contributed by atoms with Gasteiger partial charge in [-0.15, -0.1) is 0 Å². The van der Waals surface area contributed by atoms with Crippen LogP contribution in [0.4, 0.5) is 0 Å². The maximum atomic E-state index is 4.82. The highest BCUT2D eigenvalue weighted by atomic mass is 15.3. The number of imidazole rings is 1. The molecule has 136 valence electrons. The number of rotatable bonds is 4. The quantitative estimate of drug-likeness (QED) is 0.721. The minimum Gasteiger partial charge on any atom is -0.330 e. The number of hydrogen-bond donors (Lipinski definition) is 0. The molecule has 3 aromatic rings. The third kappa shape index (κ3) is 3.53. The van der Waals surface area contributed by atoms with E-state index in [1.165, 1.54) is 22.2 Å². The van der Waals surface area contributed by atoms with Gasteiger partial charge in [0.2, 0.25) is 0 Å². The highest BCUT2D eigenvalue weighted by Crippen LogP contribution is 2.18. The molecule has 0 atom stereocenters. The molecule has 0 saturated carbocycles. The van der Waals surface area contributed by atoms with Crippen molar-refractivity contribution < 1.29 is 0 Å². The number of aromatic nitrogens is 2. The molecule has 0 spiro atoms. The Morgan fingerprint density at radius 1 is 0.885 bits per heavy atom. The lowest BCUT2D eigenvalue weighted by Crippen LogP contribution is -2.45. The molecule has 0 aliphatic carbocycles. The van der Waals surface area contributed by atoms with E-state index in [1.54, 1.807) is 0 Å². The summed E-state index contributed by atoms with van der Waals surface area (Å²) in [5.74, 6) is 1.16. The minimum absolute atomic E-state index is 0.933. The summed E-state index contributed by atoms with van der Waals surface area (Å²) in [6.45, 7) is 10.8. The zero-order valence-electron chi connectivity index (χ0n) is 16.1. The van der Waals surface area contributed by atoms with Gasteiger partial charge in [-0.1, -0.05) is 35.9 Å². The standard InChI is InChI=1S/C22H28N4/c1-17-8-9-18(2)19(14-17)15-25-10-12-26(13-11-25)16-22-23-20-6-4-5-7-21(20)24(22)3/h4-9,14H,10-13,15-16H2,1-3H3. The normalized spacial score (nSPS) is 16.4. The van der Waals surface area contributed by atoms with Gasteiger partial charge < -0.3 is 4.57 Å². The lowest BCUT2D eigenvalue weighted by Gasteiger charge is -2.34. The van der Waals surface area contributed by atoms with Crippen molar-refractivity contribution in [3.8, 4) is 0 Å². The van der Waals surface area contributed by atoms with Crippen LogP contribution >= 0.6 is 0 Å². The number of hydrogen-bond acceptors (Lipinski definition) is 3. The fraction of sp³-hybridized carbons (Fsp3) is 0.409. The molecule has 0 unspecified atom stereocenters. The second-order valence-electron chi connectivity index (χ2n) is 7.56. The Hall–Kier alpha value is -2.17. The SMILES string of the molecule is Cc1ccc(C)c(CN2CCN(Cc3nc4ccccc4n3C)CC2)c1. The molecule has 2 aromatic carbocycles. The number of fused-ring (bicyclic) bond motifs is 1. The Kier molecular flexibility index (Phi) is 4.79. The van der Waals surface area contributed by atoms with Crippen LogP contribution in [0.2, 0.25) is 0 Å². The highest BCUT2D eigenvalue weighted by molar-refractivity contribution is 5.75. The molecule has 0 bridgehead atoms. The number of para-hydroxylation sites is 2. The summed E-state index contributed by atoms with van der Waals surface area (Å²) in [5, 5.41) is 0. The smallest absolute Gasteiger partial charge is 0.123 e. The Balaban J connectivity index is 1.37. The molecule has 4 nitrogen and oxygen atoms in total. The van der Waals surface area contributed by atoms with Crippen LogP contribution in [0, 0.1) is 13.8 Å². The average molecular weight is 348 g/mol. The van der Waals surface area contributed by atoms with Crippen LogP contribution in [0.1, 0.15) is 22.5 Å². The number of benzene rings is 2. The fourth-order valence-electron chi connectivity index (χ4n) is 3.85. The first kappa shape index (κ1) is 17.3. The minimum atomic E-state index is 0.933. The van der Waals surface area contributed by atoms with Crippen LogP contribution in [0.3, 0.4) is 0 Å². The fourth-order valence-corrected chi connectivity index (χ4v) is 3.85. The molecule has 1 fully saturated rings. The van der Waals surface area contributed by atoms with E-state index in [0.29, 0.717) is 0 Å². The first-order chi connectivity index (χ1) is 12.6. The van der Waals surface area contributed by atoms with Crippen LogP contribution < -0.4 is 0 Å². The van der Waals surface area contributed by atoms with Crippen molar-refractivity contribution in [3.63, 3.8) is 0 Å². The number of aryl methyl sites for hydroxylation is 3. The van der Waals surface area contributed by atoms with Crippen molar-refractivity contribution in [2.45, 2.75) is 26.9 Å². The molecule has 0 N–H and O–H groups in total. The van der Waals surface area contributed by atoms with Crippen LogP contribution in [-0.2, 0) is 20.1 Å². The van der Waals surface area contributed by atoms with E-state index in [0.717, 1.165) is 50.6 Å². The van der Waals surface area contributed by atoms with Crippen LogP contribution in [0.25, 0.3) is 11.0 Å². The first-order valence-corrected chi connectivity index (χ1v) is 9.51. The molecule has 2 heterocycles. The van der Waals surface area contributed by atoms with Gasteiger partial charge in [-0.05, 0) is 37.1 Å². The zero-order chi connectivity index (χ0) is 18.1. The highest BCUT2D eigenvalue weighted by Gasteiger charge is 2.19. The molecule has 0 radical (unpaired) electrons. The van der Waals surface area contributed by atoms with Gasteiger partial charge >= 0.3 is 0 Å². The molecular weight excluding hydrogens is 320 g/mol. The van der Waals surface area contributed by atoms with Gasteiger partial charge in [-0.3, -0.25) is 9.80 Å². The molecule has 0 amide bonds. The van der Waals surface area contributed by atoms with Crippen molar-refractivity contribution in [3.05, 3.63) is 65.0 Å². The monoisotopic (exact) mass is 348 g/mol. The summed E-state index contributed by atoms with van der Waals surface area (Å²) < 4.78 is 2.23. The van der Waals surface area contributed by atoms with E-state index < -0.39 is 0 Å². The van der Waals surface area contributed by atoms with E-state index in [-0.39, 0.29) is 0 Å². The lowest BCUT2D eigenvalue weighted by atomic mass is 10.0. The Morgan fingerprint density at radius 3 is 2.31 bits per heavy atom. The predicted molar refractivity (Wildman–Crippen MR) is 107 cm³/mol. The summed E-state index contributed by atoms with van der Waals surface area (Å²) in [4.78, 5) is 9.93. The van der Waals surface area contributed by atoms with Crippen molar-refractivity contribution >= 4 is 11.0 Å². The Bertz CT molecular complexity index is 904. The number of nitrogens with zero attached hydrogens (tertiary/aromatic N) is 4. The Morgan fingerprint density at radius 2 is 1.58 bits per heavy atom. The van der Waals surface area contributed by atoms with Crippen molar-refractivity contribution in [2.75, 3.05) is 26.2 Å². The van der Waals surface area contributed by atoms with Gasteiger partial charge in [0, 0.05) is 39.8 Å². The van der Waals surface area contributed by atoms with Gasteiger partial charge in [0.1, 0.15) is 5.82 Å². The van der Waals surface area contributed by atoms with Gasteiger partial charge in [0.25, 0.3) is 0 Å². The van der Waals surface area contributed by atoms with E-state index >= 15 is 0 Å². The molecule has 4 heteroatoms. The van der Waals surface area contributed by atoms with Gasteiger partial charge in [-0.2, -0.15) is 0 Å². The third-order valence-corrected chi connectivity index (χ3v) is 5.61. The van der Waals surface area contributed by atoms with Gasteiger partial charge in [0.15, 0.2) is 0 Å². The van der Waals surface area contributed by atoms with Gasteiger partial charge in [-0.25, -0.2) is 4.98 Å². The van der Waals surface area contributed by atoms with E-state index in [2.05, 4.69) is 77.7 Å². The lowest BCUT2D eigenvalue weighted by molar-refractivity contribution is 0.119. The second-order valence-corrected chi connectivity index (χ2v) is 7.56. The van der Waals surface area contributed by atoms with Crippen LogP contribution in [-0.4, -0.2) is 45.5 Å². The van der Waals surface area contributed by atoms with Crippen molar-refractivity contribution in [1.82, 2.24) is 19.4 Å². The molecular formula is C22H28N4. The number of piperazine rings is 1. The van der Waals surface area contributed by atoms with Crippen LogP contribution in [0.5, 0.6) is 0 Å². The molecule has 26 heavy (non-hydrogen) atoms. The molecule has 4 rings (SSSR count). The third-order valence-electron chi connectivity index (χ3n) is 5.61. The molecule has 1 saturated heterocycles. The zero-order valence-corrected chi connectivity index (χ0v) is 16.1. The maximum absolute atomic E-state index is 4.82. The molecule has 1 aromatic heterocycles. The topological polar surface area (TPSA) is 24.3 Å². The Labute approximate surface area is 156 Å². The van der Waals surface area contributed by atoms with Crippen molar-refractivity contribution in [2.24, 2.45) is 7.05 Å². The predicted octanol–water partition coefficient (Wildman–Crippen LogP) is 3.51. The summed E-state index contributed by atoms with van der Waals surface area (Å²) in [6, 6.07) is 15.2. The van der Waals surface area contributed by atoms with Crippen molar-refractivity contribution in [1.29, 1.82) is 0 Å². The van der Waals surface area contributed by atoms with Gasteiger partial charge in [0.05, 0.1) is 17.6 Å². The van der Waals surface area contributed by atoms with Crippen LogP contribution in [0.15, 0.2) is 42.5 Å². The van der Waals surface area contributed by atoms with E-state index in [4.69, 9.17) is 4.98 Å². The first-order valence-electron chi connectivity index (χ1n) is 9.51. The summed E-state index contributed by atoms with van der Waals surface area (Å²) in [5.41, 5.74) is 6.53. The average Bonchev–Trinajstić information content (AvgIpc) is 2.96. The largest absolute Gasteiger partial charge is 0.330 e. The summed E-state index contributed by atoms with van der Waals surface area (Å²) in [7, 11) is 2.13. The molecule has 1 aliphatic heterocycles.